The average Bonchev–Trinajstić information content (AvgIpc) is 2.30. The maximum atomic E-state index is 11.6. The molecule has 16 heavy (non-hydrogen) atoms. The fourth-order valence-corrected chi connectivity index (χ4v) is 1.66. The highest BCUT2D eigenvalue weighted by molar-refractivity contribution is 5.91. The molecule has 0 saturated carbocycles. The first-order chi connectivity index (χ1) is 7.60. The van der Waals surface area contributed by atoms with Crippen LogP contribution in [-0.4, -0.2) is 48.9 Å². The lowest BCUT2D eigenvalue weighted by atomic mass is 10.1. The molecule has 0 aromatic heterocycles. The number of ether oxygens (including phenoxy) is 1. The lowest BCUT2D eigenvalue weighted by Crippen LogP contribution is -2.57. The maximum absolute atomic E-state index is 11.6. The Hall–Kier alpha value is -1.59. The zero-order chi connectivity index (χ0) is 12.1. The summed E-state index contributed by atoms with van der Waals surface area (Å²) in [7, 11) is 1.26. The number of hydrogen-bond donors (Lipinski definition) is 1. The molecule has 1 fully saturated rings. The molecular weight excluding hydrogens is 212 g/mol. The fourth-order valence-electron chi connectivity index (χ4n) is 1.66. The van der Waals surface area contributed by atoms with Gasteiger partial charge in [-0.1, -0.05) is 6.92 Å². The smallest absolute Gasteiger partial charge is 0.308 e. The van der Waals surface area contributed by atoms with E-state index in [0.29, 0.717) is 19.5 Å². The lowest BCUT2D eigenvalue weighted by molar-refractivity contribution is -0.150. The topological polar surface area (TPSA) is 75.7 Å². The standard InChI is InChI=1S/C10H16N2O4/c1-3-8(13)12-5-4-11-10(15)7(12)6-9(14)16-2/h7H,3-6H2,1-2H3,(H,11,15)/t7-/m0/s1. The van der Waals surface area contributed by atoms with Crippen LogP contribution in [0.25, 0.3) is 0 Å². The van der Waals surface area contributed by atoms with E-state index < -0.39 is 12.0 Å². The van der Waals surface area contributed by atoms with Gasteiger partial charge in [-0.05, 0) is 0 Å². The monoisotopic (exact) mass is 228 g/mol. The number of esters is 1. The van der Waals surface area contributed by atoms with Crippen LogP contribution < -0.4 is 5.32 Å². The molecule has 6 heteroatoms. The molecule has 0 aromatic rings. The molecule has 0 spiro atoms. The van der Waals surface area contributed by atoms with Crippen LogP contribution in [0, 0.1) is 0 Å². The molecule has 1 aliphatic heterocycles. The van der Waals surface area contributed by atoms with Gasteiger partial charge in [0.25, 0.3) is 0 Å². The van der Waals surface area contributed by atoms with Gasteiger partial charge in [0.15, 0.2) is 0 Å². The molecule has 90 valence electrons. The third-order valence-corrected chi connectivity index (χ3v) is 2.54. The number of carbonyl (C=O) groups excluding carboxylic acids is 3. The largest absolute Gasteiger partial charge is 0.469 e. The molecule has 0 radical (unpaired) electrons. The lowest BCUT2D eigenvalue weighted by Gasteiger charge is -2.34. The highest BCUT2D eigenvalue weighted by Gasteiger charge is 2.34. The quantitative estimate of drug-likeness (QED) is 0.647. The number of piperazine rings is 1. The van der Waals surface area contributed by atoms with E-state index in [4.69, 9.17) is 0 Å². The van der Waals surface area contributed by atoms with E-state index in [0.717, 1.165) is 0 Å². The first kappa shape index (κ1) is 12.5. The molecule has 0 aromatic carbocycles. The molecule has 1 heterocycles. The van der Waals surface area contributed by atoms with Gasteiger partial charge in [0.2, 0.25) is 11.8 Å². The molecule has 6 nitrogen and oxygen atoms in total. The van der Waals surface area contributed by atoms with E-state index in [1.807, 2.05) is 0 Å². The molecular formula is C10H16N2O4. The van der Waals surface area contributed by atoms with Gasteiger partial charge in [0, 0.05) is 19.5 Å². The minimum absolute atomic E-state index is 0.0892. The number of amides is 2. The van der Waals surface area contributed by atoms with E-state index >= 15 is 0 Å². The number of hydrogen-bond acceptors (Lipinski definition) is 4. The Kier molecular flexibility index (Phi) is 4.28. The van der Waals surface area contributed by atoms with E-state index in [1.165, 1.54) is 12.0 Å². The Balaban J connectivity index is 2.75. The molecule has 2 amide bonds. The van der Waals surface area contributed by atoms with Crippen molar-refractivity contribution in [2.24, 2.45) is 0 Å². The Morgan fingerprint density at radius 2 is 2.25 bits per heavy atom. The summed E-state index contributed by atoms with van der Waals surface area (Å²) in [6.45, 7) is 2.60. The van der Waals surface area contributed by atoms with E-state index in [1.54, 1.807) is 6.92 Å². The highest BCUT2D eigenvalue weighted by atomic mass is 16.5. The Morgan fingerprint density at radius 3 is 2.81 bits per heavy atom. The number of carbonyl (C=O) groups is 3. The van der Waals surface area contributed by atoms with Crippen molar-refractivity contribution in [1.82, 2.24) is 10.2 Å². The van der Waals surface area contributed by atoms with Crippen LogP contribution in [0.1, 0.15) is 19.8 Å². The van der Waals surface area contributed by atoms with E-state index in [9.17, 15) is 14.4 Å². The average molecular weight is 228 g/mol. The van der Waals surface area contributed by atoms with Crippen molar-refractivity contribution in [3.8, 4) is 0 Å². The van der Waals surface area contributed by atoms with Gasteiger partial charge in [-0.25, -0.2) is 0 Å². The van der Waals surface area contributed by atoms with Gasteiger partial charge in [0.1, 0.15) is 6.04 Å². The number of methoxy groups -OCH3 is 1. The van der Waals surface area contributed by atoms with Crippen LogP contribution in [0.5, 0.6) is 0 Å². The van der Waals surface area contributed by atoms with Gasteiger partial charge < -0.3 is 15.0 Å². The van der Waals surface area contributed by atoms with Crippen molar-refractivity contribution in [1.29, 1.82) is 0 Å². The van der Waals surface area contributed by atoms with Gasteiger partial charge in [-0.3, -0.25) is 14.4 Å². The molecule has 1 N–H and O–H groups in total. The van der Waals surface area contributed by atoms with Crippen molar-refractivity contribution < 1.29 is 19.1 Å². The minimum atomic E-state index is -0.728. The molecule has 0 unspecified atom stereocenters. The summed E-state index contributed by atoms with van der Waals surface area (Å²) in [4.78, 5) is 35.7. The summed E-state index contributed by atoms with van der Waals surface area (Å²) in [6, 6.07) is -0.728. The highest BCUT2D eigenvalue weighted by Crippen LogP contribution is 2.11. The normalized spacial score (nSPS) is 20.2. The maximum Gasteiger partial charge on any atom is 0.308 e. The minimum Gasteiger partial charge on any atom is -0.469 e. The van der Waals surface area contributed by atoms with Crippen molar-refractivity contribution in [2.45, 2.75) is 25.8 Å². The number of rotatable bonds is 3. The predicted octanol–water partition coefficient (Wildman–Crippen LogP) is -0.713. The zero-order valence-corrected chi connectivity index (χ0v) is 9.49. The molecule has 0 aliphatic carbocycles. The Bertz CT molecular complexity index is 303. The van der Waals surface area contributed by atoms with E-state index in [-0.39, 0.29) is 18.2 Å². The fraction of sp³-hybridized carbons (Fsp3) is 0.700. The summed E-state index contributed by atoms with van der Waals surface area (Å²) in [6.07, 6.45) is 0.235. The Labute approximate surface area is 93.9 Å². The van der Waals surface area contributed by atoms with Gasteiger partial charge >= 0.3 is 5.97 Å². The van der Waals surface area contributed by atoms with Gasteiger partial charge in [-0.15, -0.1) is 0 Å². The first-order valence-corrected chi connectivity index (χ1v) is 5.24. The van der Waals surface area contributed by atoms with Crippen LogP contribution in [-0.2, 0) is 19.1 Å². The number of nitrogens with zero attached hydrogens (tertiary/aromatic N) is 1. The second-order valence-corrected chi connectivity index (χ2v) is 3.53. The Morgan fingerprint density at radius 1 is 1.56 bits per heavy atom. The number of nitrogens with one attached hydrogen (secondary N) is 1. The summed E-state index contributed by atoms with van der Waals surface area (Å²) < 4.78 is 4.51. The third kappa shape index (κ3) is 2.71. The van der Waals surface area contributed by atoms with Crippen LogP contribution in [0.15, 0.2) is 0 Å². The zero-order valence-electron chi connectivity index (χ0n) is 9.49. The summed E-state index contributed by atoms with van der Waals surface area (Å²) in [5.74, 6) is -0.904. The van der Waals surface area contributed by atoms with Crippen molar-refractivity contribution >= 4 is 17.8 Å². The van der Waals surface area contributed by atoms with Crippen LogP contribution in [0.4, 0.5) is 0 Å². The van der Waals surface area contributed by atoms with Crippen LogP contribution in [0.3, 0.4) is 0 Å². The predicted molar refractivity (Wildman–Crippen MR) is 55.4 cm³/mol. The van der Waals surface area contributed by atoms with Gasteiger partial charge in [0.05, 0.1) is 13.5 Å². The molecule has 1 atom stereocenters. The summed E-state index contributed by atoms with van der Waals surface area (Å²) >= 11 is 0. The van der Waals surface area contributed by atoms with Crippen LogP contribution >= 0.6 is 0 Å². The van der Waals surface area contributed by atoms with E-state index in [2.05, 4.69) is 10.1 Å². The molecule has 1 aliphatic rings. The van der Waals surface area contributed by atoms with Crippen molar-refractivity contribution in [3.05, 3.63) is 0 Å². The first-order valence-electron chi connectivity index (χ1n) is 5.24. The summed E-state index contributed by atoms with van der Waals surface area (Å²) in [5, 5.41) is 2.63. The van der Waals surface area contributed by atoms with Crippen molar-refractivity contribution in [3.63, 3.8) is 0 Å². The molecule has 1 saturated heterocycles. The molecule has 0 bridgehead atoms. The van der Waals surface area contributed by atoms with Gasteiger partial charge in [-0.2, -0.15) is 0 Å². The summed E-state index contributed by atoms with van der Waals surface area (Å²) in [5.41, 5.74) is 0. The van der Waals surface area contributed by atoms with Crippen LogP contribution in [0.2, 0.25) is 0 Å². The molecule has 1 rings (SSSR count). The third-order valence-electron chi connectivity index (χ3n) is 2.54. The van der Waals surface area contributed by atoms with Crippen molar-refractivity contribution in [2.75, 3.05) is 20.2 Å². The SMILES string of the molecule is CCC(=O)N1CCNC(=O)[C@@H]1CC(=O)OC. The second kappa shape index (κ2) is 5.48. The second-order valence-electron chi connectivity index (χ2n) is 3.53.